The van der Waals surface area contributed by atoms with Crippen molar-refractivity contribution >= 4 is 27.7 Å². The average Bonchev–Trinajstić information content (AvgIpc) is 3.41. The second kappa shape index (κ2) is 9.70. The number of pyridine rings is 1. The number of nitrogens with one attached hydrogen (secondary N) is 1. The number of carbonyl (C=O) groups excluding carboxylic acids is 1. The zero-order valence-electron chi connectivity index (χ0n) is 20.0. The first-order valence-corrected chi connectivity index (χ1v) is 11.9. The van der Waals surface area contributed by atoms with Crippen LogP contribution in [0.15, 0.2) is 67.0 Å². The van der Waals surface area contributed by atoms with Gasteiger partial charge in [-0.1, -0.05) is 31.2 Å². The molecule has 7 heteroatoms. The lowest BCUT2D eigenvalue weighted by Crippen LogP contribution is -2.27. The Morgan fingerprint density at radius 2 is 1.97 bits per heavy atom. The molecule has 0 radical (unpaired) electrons. The van der Waals surface area contributed by atoms with Crippen molar-refractivity contribution in [1.29, 1.82) is 0 Å². The Bertz CT molecular complexity index is 1520. The highest BCUT2D eigenvalue weighted by Crippen LogP contribution is 2.29. The maximum absolute atomic E-state index is 14.2. The number of aromatic nitrogens is 4. The van der Waals surface area contributed by atoms with Gasteiger partial charge in [-0.05, 0) is 49.2 Å². The molecule has 1 amide bonds. The zero-order chi connectivity index (χ0) is 24.4. The van der Waals surface area contributed by atoms with Gasteiger partial charge in [0.05, 0.1) is 11.7 Å². The number of benzene rings is 2. The number of hydrogen-bond acceptors (Lipinski definition) is 3. The summed E-state index contributed by atoms with van der Waals surface area (Å²) in [5, 5.41) is 9.19. The van der Waals surface area contributed by atoms with E-state index >= 15 is 0 Å². The normalized spacial score (nSPS) is 11.4. The lowest BCUT2D eigenvalue weighted by Gasteiger charge is -2.10. The minimum absolute atomic E-state index is 0.104. The number of para-hydroxylation sites is 1. The van der Waals surface area contributed by atoms with Crippen molar-refractivity contribution in [3.8, 4) is 0 Å². The van der Waals surface area contributed by atoms with Gasteiger partial charge in [0.2, 0.25) is 5.91 Å². The first kappa shape index (κ1) is 22.8. The predicted octanol–water partition coefficient (Wildman–Crippen LogP) is 5.15. The van der Waals surface area contributed by atoms with E-state index in [0.717, 1.165) is 57.3 Å². The number of hydrogen-bond donors (Lipinski definition) is 1. The van der Waals surface area contributed by atoms with Crippen LogP contribution in [-0.2, 0) is 30.8 Å². The highest BCUT2D eigenvalue weighted by atomic mass is 19.1. The van der Waals surface area contributed by atoms with Crippen molar-refractivity contribution in [1.82, 2.24) is 24.6 Å². The van der Waals surface area contributed by atoms with Crippen LogP contribution >= 0.6 is 0 Å². The van der Waals surface area contributed by atoms with Gasteiger partial charge in [0.25, 0.3) is 0 Å². The van der Waals surface area contributed by atoms with Crippen molar-refractivity contribution in [2.45, 2.75) is 46.3 Å². The van der Waals surface area contributed by atoms with Crippen LogP contribution in [0.25, 0.3) is 21.8 Å². The average molecular weight is 470 g/mol. The predicted molar refractivity (Wildman–Crippen MR) is 136 cm³/mol. The topological polar surface area (TPSA) is 64.7 Å². The molecule has 178 valence electrons. The number of aryl methyl sites for hydroxylation is 1. The van der Waals surface area contributed by atoms with E-state index in [4.69, 9.17) is 4.98 Å². The summed E-state index contributed by atoms with van der Waals surface area (Å²) in [6.07, 6.45) is 5.30. The van der Waals surface area contributed by atoms with E-state index in [9.17, 15) is 9.18 Å². The van der Waals surface area contributed by atoms with Crippen LogP contribution in [-0.4, -0.2) is 25.2 Å². The maximum atomic E-state index is 14.2. The van der Waals surface area contributed by atoms with Crippen molar-refractivity contribution < 1.29 is 9.18 Å². The monoisotopic (exact) mass is 469 g/mol. The van der Waals surface area contributed by atoms with Gasteiger partial charge in [-0.2, -0.15) is 5.10 Å². The van der Waals surface area contributed by atoms with Crippen LogP contribution in [0.5, 0.6) is 0 Å². The van der Waals surface area contributed by atoms with Crippen LogP contribution < -0.4 is 5.32 Å². The molecule has 5 aromatic rings. The molecule has 0 bridgehead atoms. The van der Waals surface area contributed by atoms with Gasteiger partial charge in [0.15, 0.2) is 0 Å². The molecule has 0 saturated heterocycles. The van der Waals surface area contributed by atoms with Gasteiger partial charge in [-0.15, -0.1) is 0 Å². The molecule has 35 heavy (non-hydrogen) atoms. The highest BCUT2D eigenvalue weighted by molar-refractivity contribution is 5.88. The lowest BCUT2D eigenvalue weighted by atomic mass is 10.0. The fourth-order valence-electron chi connectivity index (χ4n) is 4.59. The molecule has 3 aromatic heterocycles. The van der Waals surface area contributed by atoms with Crippen LogP contribution in [0.3, 0.4) is 0 Å². The van der Waals surface area contributed by atoms with Crippen LogP contribution in [0.4, 0.5) is 4.39 Å². The molecule has 2 aromatic carbocycles. The number of amides is 1. The van der Waals surface area contributed by atoms with E-state index in [1.54, 1.807) is 18.3 Å². The maximum Gasteiger partial charge on any atom is 0.240 e. The molecule has 3 heterocycles. The molecule has 0 unspecified atom stereocenters. The Hall–Kier alpha value is -4.00. The standard InChI is InChI=1S/C28H28FN5O/c1-3-12-33-17-20(16-31-33)15-30-28(35)18-34-19(2)24(25-13-22(29)9-11-27(25)34)14-23-10-8-21-6-4-5-7-26(21)32-23/h4-11,13,16-17H,3,12,14-15,18H2,1-2H3,(H,30,35). The third kappa shape index (κ3) is 4.80. The summed E-state index contributed by atoms with van der Waals surface area (Å²) < 4.78 is 18.1. The second-order valence-electron chi connectivity index (χ2n) is 8.87. The quantitative estimate of drug-likeness (QED) is 0.342. The number of fused-ring (bicyclic) bond motifs is 2. The van der Waals surface area contributed by atoms with Crippen LogP contribution in [0.2, 0.25) is 0 Å². The minimum atomic E-state index is -0.295. The molecule has 0 aliphatic heterocycles. The van der Waals surface area contributed by atoms with E-state index in [0.29, 0.717) is 13.0 Å². The SMILES string of the molecule is CCCn1cc(CNC(=O)Cn2c(C)c(Cc3ccc4ccccc4n3)c3cc(F)ccc32)cn1. The van der Waals surface area contributed by atoms with Crippen LogP contribution in [0.1, 0.15) is 35.9 Å². The molecular formula is C28H28FN5O. The van der Waals surface area contributed by atoms with Gasteiger partial charge >= 0.3 is 0 Å². The first-order valence-electron chi connectivity index (χ1n) is 11.9. The molecule has 6 nitrogen and oxygen atoms in total. The molecule has 0 fully saturated rings. The molecule has 1 N–H and O–H groups in total. The summed E-state index contributed by atoms with van der Waals surface area (Å²) in [5.74, 6) is -0.399. The Kier molecular flexibility index (Phi) is 6.31. The summed E-state index contributed by atoms with van der Waals surface area (Å²) in [4.78, 5) is 17.6. The Morgan fingerprint density at radius 3 is 2.83 bits per heavy atom. The zero-order valence-corrected chi connectivity index (χ0v) is 20.0. The fourth-order valence-corrected chi connectivity index (χ4v) is 4.59. The molecule has 0 aliphatic rings. The highest BCUT2D eigenvalue weighted by Gasteiger charge is 2.18. The Labute approximate surface area is 203 Å². The molecule has 0 spiro atoms. The molecule has 5 rings (SSSR count). The summed E-state index contributed by atoms with van der Waals surface area (Å²) in [7, 11) is 0. The van der Waals surface area contributed by atoms with Gasteiger partial charge < -0.3 is 9.88 Å². The Morgan fingerprint density at radius 1 is 1.11 bits per heavy atom. The van der Waals surface area contributed by atoms with Gasteiger partial charge in [-0.3, -0.25) is 14.5 Å². The number of rotatable bonds is 8. The minimum Gasteiger partial charge on any atom is -0.350 e. The number of carbonyl (C=O) groups is 1. The van der Waals surface area contributed by atoms with E-state index < -0.39 is 0 Å². The fraction of sp³-hybridized carbons (Fsp3) is 0.250. The smallest absolute Gasteiger partial charge is 0.240 e. The number of halogens is 1. The number of nitrogens with zero attached hydrogens (tertiary/aromatic N) is 4. The van der Waals surface area contributed by atoms with E-state index in [-0.39, 0.29) is 18.3 Å². The van der Waals surface area contributed by atoms with Gasteiger partial charge in [0, 0.05) is 58.9 Å². The third-order valence-electron chi connectivity index (χ3n) is 6.36. The molecule has 0 aliphatic carbocycles. The second-order valence-corrected chi connectivity index (χ2v) is 8.87. The Balaban J connectivity index is 1.40. The molecular weight excluding hydrogens is 441 g/mol. The summed E-state index contributed by atoms with van der Waals surface area (Å²) in [6.45, 7) is 5.51. The van der Waals surface area contributed by atoms with Crippen molar-refractivity contribution in [3.05, 3.63) is 95.3 Å². The van der Waals surface area contributed by atoms with E-state index in [2.05, 4.69) is 23.4 Å². The molecule has 0 atom stereocenters. The molecule has 0 saturated carbocycles. The third-order valence-corrected chi connectivity index (χ3v) is 6.36. The summed E-state index contributed by atoms with van der Waals surface area (Å²) >= 11 is 0. The summed E-state index contributed by atoms with van der Waals surface area (Å²) in [5.41, 5.74) is 5.56. The van der Waals surface area contributed by atoms with Crippen molar-refractivity contribution in [2.75, 3.05) is 0 Å². The summed E-state index contributed by atoms with van der Waals surface area (Å²) in [6, 6.07) is 16.8. The van der Waals surface area contributed by atoms with E-state index in [1.165, 1.54) is 6.07 Å². The van der Waals surface area contributed by atoms with Crippen molar-refractivity contribution in [2.24, 2.45) is 0 Å². The first-order chi connectivity index (χ1) is 17.0. The van der Waals surface area contributed by atoms with Gasteiger partial charge in [-0.25, -0.2) is 4.39 Å². The van der Waals surface area contributed by atoms with Crippen LogP contribution in [0, 0.1) is 12.7 Å². The van der Waals surface area contributed by atoms with E-state index in [1.807, 2.05) is 52.7 Å². The van der Waals surface area contributed by atoms with Gasteiger partial charge in [0.1, 0.15) is 12.4 Å². The van der Waals surface area contributed by atoms with Crippen molar-refractivity contribution in [3.63, 3.8) is 0 Å². The lowest BCUT2D eigenvalue weighted by molar-refractivity contribution is -0.121. The largest absolute Gasteiger partial charge is 0.350 e.